The van der Waals surface area contributed by atoms with Crippen molar-refractivity contribution >= 4 is 15.7 Å². The van der Waals surface area contributed by atoms with Gasteiger partial charge in [-0.1, -0.05) is 19.3 Å². The van der Waals surface area contributed by atoms with Gasteiger partial charge in [-0.2, -0.15) is 0 Å². The largest absolute Gasteiger partial charge is 0.493 e. The summed E-state index contributed by atoms with van der Waals surface area (Å²) < 4.78 is 31.0. The minimum Gasteiger partial charge on any atom is -0.493 e. The van der Waals surface area contributed by atoms with Crippen LogP contribution >= 0.6 is 0 Å². The van der Waals surface area contributed by atoms with Crippen LogP contribution in [0.4, 0.5) is 0 Å². The average molecular weight is 381 g/mol. The van der Waals surface area contributed by atoms with Crippen LogP contribution in [0.15, 0.2) is 17.0 Å². The van der Waals surface area contributed by atoms with E-state index in [0.29, 0.717) is 24.2 Å². The van der Waals surface area contributed by atoms with E-state index >= 15 is 0 Å². The number of carbonyl (C=O) groups excluding carboxylic acids is 1. The monoisotopic (exact) mass is 381 g/mol. The maximum atomic E-state index is 12.5. The number of rotatable bonds is 8. The molecule has 0 saturated heterocycles. The molecule has 6 nitrogen and oxygen atoms in total. The zero-order chi connectivity index (χ0) is 18.7. The molecule has 1 amide bonds. The second kappa shape index (κ2) is 7.96. The quantitative estimate of drug-likeness (QED) is 0.719. The summed E-state index contributed by atoms with van der Waals surface area (Å²) in [5, 5.41) is 9.06. The number of carbonyl (C=O) groups is 1. The molecule has 1 aromatic carbocycles. The molecule has 0 heterocycles. The molecular weight excluding hydrogens is 354 g/mol. The Kier molecular flexibility index (Phi) is 5.87. The number of ether oxygens (including phenoxy) is 1. The molecule has 3 N–H and O–H groups in total. The van der Waals surface area contributed by atoms with Crippen LogP contribution in [0.25, 0.3) is 0 Å². The van der Waals surface area contributed by atoms with Gasteiger partial charge >= 0.3 is 0 Å². The highest BCUT2D eigenvalue weighted by Crippen LogP contribution is 2.46. The zero-order valence-corrected chi connectivity index (χ0v) is 15.8. The van der Waals surface area contributed by atoms with Crippen LogP contribution in [0.2, 0.25) is 0 Å². The van der Waals surface area contributed by atoms with E-state index < -0.39 is 28.1 Å². The van der Waals surface area contributed by atoms with Crippen molar-refractivity contribution in [2.24, 2.45) is 11.7 Å². The smallest absolute Gasteiger partial charge is 0.250 e. The first-order valence-corrected chi connectivity index (χ1v) is 11.0. The van der Waals surface area contributed by atoms with E-state index in [-0.39, 0.29) is 10.5 Å². The highest BCUT2D eigenvalue weighted by molar-refractivity contribution is 7.91. The van der Waals surface area contributed by atoms with Crippen LogP contribution in [0.1, 0.15) is 66.8 Å². The van der Waals surface area contributed by atoms with Gasteiger partial charge in [0.2, 0.25) is 5.91 Å². The molecule has 0 unspecified atom stereocenters. The predicted molar refractivity (Wildman–Crippen MR) is 98.1 cm³/mol. The number of hydrogen-bond donors (Lipinski definition) is 2. The zero-order valence-electron chi connectivity index (χ0n) is 14.9. The summed E-state index contributed by atoms with van der Waals surface area (Å²) >= 11 is 0. The SMILES string of the molecule is NC(=O)c1cc(C2CC2)c(OCC2CCCCC2)cc1S(=O)(=O)CCO. The Morgan fingerprint density at radius 1 is 1.15 bits per heavy atom. The maximum absolute atomic E-state index is 12.5. The third-order valence-corrected chi connectivity index (χ3v) is 7.02. The Morgan fingerprint density at radius 3 is 2.42 bits per heavy atom. The molecule has 3 rings (SSSR count). The molecule has 2 aliphatic rings. The van der Waals surface area contributed by atoms with E-state index in [2.05, 4.69) is 0 Å². The fourth-order valence-electron chi connectivity index (χ4n) is 3.66. The van der Waals surface area contributed by atoms with Gasteiger partial charge in [-0.15, -0.1) is 0 Å². The molecule has 0 radical (unpaired) electrons. The molecular formula is C19H27NO5S. The van der Waals surface area contributed by atoms with Gasteiger partial charge in [0.25, 0.3) is 0 Å². The van der Waals surface area contributed by atoms with Crippen molar-refractivity contribution in [3.63, 3.8) is 0 Å². The Balaban J connectivity index is 1.94. The maximum Gasteiger partial charge on any atom is 0.250 e. The highest BCUT2D eigenvalue weighted by Gasteiger charge is 2.31. The molecule has 0 bridgehead atoms. The number of aliphatic hydroxyl groups is 1. The minimum absolute atomic E-state index is 0.00892. The van der Waals surface area contributed by atoms with E-state index in [1.54, 1.807) is 6.07 Å². The first-order chi connectivity index (χ1) is 12.4. The highest BCUT2D eigenvalue weighted by atomic mass is 32.2. The van der Waals surface area contributed by atoms with Gasteiger partial charge < -0.3 is 15.6 Å². The average Bonchev–Trinajstić information content (AvgIpc) is 3.45. The van der Waals surface area contributed by atoms with Crippen molar-refractivity contribution in [1.82, 2.24) is 0 Å². The van der Waals surface area contributed by atoms with Crippen LogP contribution in [0.5, 0.6) is 5.75 Å². The topological polar surface area (TPSA) is 107 Å². The summed E-state index contributed by atoms with van der Waals surface area (Å²) in [6, 6.07) is 3.03. The number of amides is 1. The summed E-state index contributed by atoms with van der Waals surface area (Å²) in [4.78, 5) is 11.7. The first-order valence-electron chi connectivity index (χ1n) is 9.36. The lowest BCUT2D eigenvalue weighted by Crippen LogP contribution is -2.21. The molecule has 7 heteroatoms. The summed E-state index contributed by atoms with van der Waals surface area (Å²) in [7, 11) is -3.80. The van der Waals surface area contributed by atoms with Gasteiger partial charge in [0.05, 0.1) is 29.4 Å². The van der Waals surface area contributed by atoms with Crippen molar-refractivity contribution in [2.45, 2.75) is 55.8 Å². The summed E-state index contributed by atoms with van der Waals surface area (Å²) in [5.74, 6) is 0.105. The molecule has 2 aliphatic carbocycles. The van der Waals surface area contributed by atoms with E-state index in [0.717, 1.165) is 31.2 Å². The number of hydrogen-bond acceptors (Lipinski definition) is 5. The fraction of sp³-hybridized carbons (Fsp3) is 0.632. The van der Waals surface area contributed by atoms with Gasteiger partial charge in [0.15, 0.2) is 9.84 Å². The lowest BCUT2D eigenvalue weighted by Gasteiger charge is -2.23. The normalized spacial score (nSPS) is 18.7. The third kappa shape index (κ3) is 4.38. The molecule has 2 saturated carbocycles. The van der Waals surface area contributed by atoms with Crippen LogP contribution in [-0.2, 0) is 9.84 Å². The first kappa shape index (κ1) is 19.2. The van der Waals surface area contributed by atoms with Gasteiger partial charge in [0, 0.05) is 0 Å². The summed E-state index contributed by atoms with van der Waals surface area (Å²) in [6.45, 7) is 0.0539. The van der Waals surface area contributed by atoms with Crippen molar-refractivity contribution < 1.29 is 23.1 Å². The van der Waals surface area contributed by atoms with Gasteiger partial charge in [-0.05, 0) is 55.2 Å². The molecule has 1 aromatic rings. The minimum atomic E-state index is -3.80. The fourth-order valence-corrected chi connectivity index (χ4v) is 4.90. The predicted octanol–water partition coefficient (Wildman–Crippen LogP) is 2.39. The number of primary amides is 1. The molecule has 0 aromatic heterocycles. The molecule has 2 fully saturated rings. The van der Waals surface area contributed by atoms with Crippen molar-refractivity contribution in [2.75, 3.05) is 19.0 Å². The van der Waals surface area contributed by atoms with E-state index in [1.807, 2.05) is 0 Å². The number of sulfone groups is 1. The molecule has 144 valence electrons. The number of benzene rings is 1. The van der Waals surface area contributed by atoms with Gasteiger partial charge in [-0.25, -0.2) is 8.42 Å². The lowest BCUT2D eigenvalue weighted by molar-refractivity contribution is 0.0997. The van der Waals surface area contributed by atoms with Crippen LogP contribution < -0.4 is 10.5 Å². The standard InChI is InChI=1S/C19H27NO5S/c20-19(22)16-10-15(14-6-7-14)17(11-18(16)26(23,24)9-8-21)25-12-13-4-2-1-3-5-13/h10-11,13-14,21H,1-9,12H2,(H2,20,22). The number of nitrogens with two attached hydrogens (primary N) is 1. The molecule has 0 atom stereocenters. The summed E-state index contributed by atoms with van der Waals surface area (Å²) in [5.41, 5.74) is 6.29. The molecule has 26 heavy (non-hydrogen) atoms. The van der Waals surface area contributed by atoms with Crippen molar-refractivity contribution in [1.29, 1.82) is 0 Å². The Hall–Kier alpha value is -1.60. The van der Waals surface area contributed by atoms with Gasteiger partial charge in [-0.3, -0.25) is 4.79 Å². The van der Waals surface area contributed by atoms with E-state index in [9.17, 15) is 13.2 Å². The Morgan fingerprint density at radius 2 is 1.85 bits per heavy atom. The van der Waals surface area contributed by atoms with E-state index in [1.165, 1.54) is 25.3 Å². The molecule has 0 spiro atoms. The third-order valence-electron chi connectivity index (χ3n) is 5.29. The second-order valence-corrected chi connectivity index (χ2v) is 9.46. The van der Waals surface area contributed by atoms with Crippen LogP contribution in [-0.4, -0.2) is 38.4 Å². The van der Waals surface area contributed by atoms with Crippen molar-refractivity contribution in [3.05, 3.63) is 23.3 Å². The Labute approximate surface area is 154 Å². The Bertz CT molecular complexity index is 764. The van der Waals surface area contributed by atoms with Crippen molar-refractivity contribution in [3.8, 4) is 5.75 Å². The summed E-state index contributed by atoms with van der Waals surface area (Å²) in [6.07, 6.45) is 7.95. The van der Waals surface area contributed by atoms with Crippen LogP contribution in [0.3, 0.4) is 0 Å². The number of aliphatic hydroxyl groups excluding tert-OH is 1. The lowest BCUT2D eigenvalue weighted by atomic mass is 9.90. The van der Waals surface area contributed by atoms with Crippen LogP contribution in [0, 0.1) is 5.92 Å². The van der Waals surface area contributed by atoms with E-state index in [4.69, 9.17) is 15.6 Å². The van der Waals surface area contributed by atoms with Gasteiger partial charge in [0.1, 0.15) is 5.75 Å². The second-order valence-electron chi connectivity index (χ2n) is 7.38. The molecule has 0 aliphatic heterocycles.